The number of hydrogen-bond acceptors (Lipinski definition) is 6. The van der Waals surface area contributed by atoms with Crippen LogP contribution in [0, 0.1) is 13.8 Å². The van der Waals surface area contributed by atoms with E-state index in [2.05, 4.69) is 14.6 Å². The van der Waals surface area contributed by atoms with Crippen LogP contribution in [-0.2, 0) is 26.1 Å². The number of pyridine rings is 1. The maximum absolute atomic E-state index is 13.0. The Kier molecular flexibility index (Phi) is 9.37. The number of rotatable bonds is 11. The average molecular weight is 475 g/mol. The lowest BCUT2D eigenvalue weighted by molar-refractivity contribution is -0.131. The third kappa shape index (κ3) is 7.89. The van der Waals surface area contributed by atoms with E-state index in [-0.39, 0.29) is 23.8 Å². The first-order valence-electron chi connectivity index (χ1n) is 11.4. The first kappa shape index (κ1) is 25.3. The second kappa shape index (κ2) is 12.2. The Morgan fingerprint density at radius 1 is 1.12 bits per heavy atom. The summed E-state index contributed by atoms with van der Waals surface area (Å²) in [6, 6.07) is 8.82. The van der Waals surface area contributed by atoms with Crippen LogP contribution in [0.3, 0.4) is 0 Å². The molecule has 9 heteroatoms. The molecule has 0 spiro atoms. The molecular weight excluding hydrogens is 440 g/mol. The van der Waals surface area contributed by atoms with Gasteiger partial charge in [0.1, 0.15) is 0 Å². The number of benzene rings is 1. The van der Waals surface area contributed by atoms with Gasteiger partial charge in [0.05, 0.1) is 18.1 Å². The highest BCUT2D eigenvalue weighted by Crippen LogP contribution is 2.15. The zero-order chi connectivity index (χ0) is 23.7. The fraction of sp³-hybridized carbons (Fsp3) is 0.500. The number of carbonyl (C=O) groups is 1. The number of aromatic nitrogens is 1. The third-order valence-electron chi connectivity index (χ3n) is 5.90. The van der Waals surface area contributed by atoms with Crippen molar-refractivity contribution in [3.05, 3.63) is 59.4 Å². The second-order valence-corrected chi connectivity index (χ2v) is 10.1. The number of nitrogens with zero attached hydrogens (tertiary/aromatic N) is 3. The number of hydrogen-bond donors (Lipinski definition) is 1. The second-order valence-electron chi connectivity index (χ2n) is 8.37. The average Bonchev–Trinajstić information content (AvgIpc) is 2.81. The number of sulfonamides is 1. The van der Waals surface area contributed by atoms with Crippen molar-refractivity contribution in [2.75, 3.05) is 45.9 Å². The van der Waals surface area contributed by atoms with Gasteiger partial charge in [-0.15, -0.1) is 0 Å². The highest BCUT2D eigenvalue weighted by molar-refractivity contribution is 7.89. The van der Waals surface area contributed by atoms with Crippen LogP contribution >= 0.6 is 0 Å². The van der Waals surface area contributed by atoms with Crippen LogP contribution in [0.15, 0.2) is 47.6 Å². The van der Waals surface area contributed by atoms with Crippen molar-refractivity contribution < 1.29 is 17.9 Å². The summed E-state index contributed by atoms with van der Waals surface area (Å²) in [4.78, 5) is 21.4. The Balaban J connectivity index is 1.55. The number of ether oxygens (including phenoxy) is 1. The molecule has 1 aliphatic heterocycles. The van der Waals surface area contributed by atoms with E-state index in [4.69, 9.17) is 4.74 Å². The summed E-state index contributed by atoms with van der Waals surface area (Å²) in [7, 11) is -3.66. The van der Waals surface area contributed by atoms with Crippen molar-refractivity contribution in [2.24, 2.45) is 0 Å². The van der Waals surface area contributed by atoms with Gasteiger partial charge < -0.3 is 9.64 Å². The summed E-state index contributed by atoms with van der Waals surface area (Å²) in [6.07, 6.45) is 4.38. The van der Waals surface area contributed by atoms with Gasteiger partial charge in [0.15, 0.2) is 0 Å². The standard InChI is InChI=1S/C24H34N4O4S/c1-20-4-5-23(18-21(20)2)33(30,31)26-11-8-24(29)28(19-22-6-9-25-10-7-22)13-3-12-27-14-16-32-17-15-27/h4-7,9-10,18,26H,3,8,11-17,19H2,1-2H3. The minimum absolute atomic E-state index is 0.0599. The van der Waals surface area contributed by atoms with Crippen molar-refractivity contribution in [3.8, 4) is 0 Å². The zero-order valence-corrected chi connectivity index (χ0v) is 20.3. The predicted octanol–water partition coefficient (Wildman–Crippen LogP) is 2.12. The van der Waals surface area contributed by atoms with Crippen LogP contribution in [0.2, 0.25) is 0 Å². The van der Waals surface area contributed by atoms with E-state index >= 15 is 0 Å². The van der Waals surface area contributed by atoms with Gasteiger partial charge in [-0.1, -0.05) is 6.07 Å². The maximum Gasteiger partial charge on any atom is 0.240 e. The summed E-state index contributed by atoms with van der Waals surface area (Å²) in [5, 5.41) is 0. The van der Waals surface area contributed by atoms with E-state index in [9.17, 15) is 13.2 Å². The van der Waals surface area contributed by atoms with Crippen LogP contribution in [0.5, 0.6) is 0 Å². The van der Waals surface area contributed by atoms with Gasteiger partial charge in [-0.05, 0) is 61.2 Å². The molecule has 0 radical (unpaired) electrons. The Morgan fingerprint density at radius 3 is 2.55 bits per heavy atom. The normalized spacial score (nSPS) is 14.8. The molecule has 180 valence electrons. The van der Waals surface area contributed by atoms with Gasteiger partial charge in [-0.25, -0.2) is 13.1 Å². The van der Waals surface area contributed by atoms with Gasteiger partial charge in [0.2, 0.25) is 15.9 Å². The van der Waals surface area contributed by atoms with E-state index in [1.54, 1.807) is 35.5 Å². The van der Waals surface area contributed by atoms with Crippen molar-refractivity contribution in [1.82, 2.24) is 19.5 Å². The quantitative estimate of drug-likeness (QED) is 0.536. The first-order chi connectivity index (χ1) is 15.8. The summed E-state index contributed by atoms with van der Waals surface area (Å²) in [6.45, 7) is 9.21. The lowest BCUT2D eigenvalue weighted by atomic mass is 10.1. The van der Waals surface area contributed by atoms with Crippen molar-refractivity contribution >= 4 is 15.9 Å². The molecule has 1 N–H and O–H groups in total. The van der Waals surface area contributed by atoms with Gasteiger partial charge >= 0.3 is 0 Å². The molecule has 1 amide bonds. The third-order valence-corrected chi connectivity index (χ3v) is 7.36. The molecule has 1 fully saturated rings. The minimum atomic E-state index is -3.66. The molecule has 0 atom stereocenters. The van der Waals surface area contributed by atoms with Gasteiger partial charge in [0.25, 0.3) is 0 Å². The van der Waals surface area contributed by atoms with E-state index < -0.39 is 10.0 Å². The topological polar surface area (TPSA) is 91.8 Å². The van der Waals surface area contributed by atoms with E-state index in [1.165, 1.54) is 0 Å². The highest BCUT2D eigenvalue weighted by Gasteiger charge is 2.18. The largest absolute Gasteiger partial charge is 0.379 e. The highest BCUT2D eigenvalue weighted by atomic mass is 32.2. The molecule has 33 heavy (non-hydrogen) atoms. The molecule has 1 aromatic heterocycles. The SMILES string of the molecule is Cc1ccc(S(=O)(=O)NCCC(=O)N(CCCN2CCOCC2)Cc2ccncc2)cc1C. The molecule has 1 aromatic carbocycles. The molecule has 2 aromatic rings. The van der Waals surface area contributed by atoms with Crippen molar-refractivity contribution in [2.45, 2.75) is 38.1 Å². The van der Waals surface area contributed by atoms with Crippen molar-refractivity contribution in [3.63, 3.8) is 0 Å². The van der Waals surface area contributed by atoms with E-state index in [1.807, 2.05) is 26.0 Å². The van der Waals surface area contributed by atoms with Crippen LogP contribution in [0.25, 0.3) is 0 Å². The monoisotopic (exact) mass is 474 g/mol. The zero-order valence-electron chi connectivity index (χ0n) is 19.5. The molecular formula is C24H34N4O4S. The van der Waals surface area contributed by atoms with E-state index in [0.29, 0.717) is 13.1 Å². The van der Waals surface area contributed by atoms with Crippen molar-refractivity contribution in [1.29, 1.82) is 0 Å². The molecule has 1 saturated heterocycles. The van der Waals surface area contributed by atoms with Crippen LogP contribution in [0.4, 0.5) is 0 Å². The molecule has 1 aliphatic rings. The number of carbonyl (C=O) groups excluding carboxylic acids is 1. The fourth-order valence-corrected chi connectivity index (χ4v) is 4.84. The fourth-order valence-electron chi connectivity index (χ4n) is 3.73. The molecule has 0 bridgehead atoms. The number of aryl methyl sites for hydroxylation is 2. The predicted molar refractivity (Wildman–Crippen MR) is 127 cm³/mol. The Labute approximate surface area is 197 Å². The summed E-state index contributed by atoms with van der Waals surface area (Å²) in [5.41, 5.74) is 2.95. The summed E-state index contributed by atoms with van der Waals surface area (Å²) >= 11 is 0. The molecule has 2 heterocycles. The lowest BCUT2D eigenvalue weighted by Crippen LogP contribution is -2.39. The number of nitrogens with one attached hydrogen (secondary N) is 1. The molecule has 0 saturated carbocycles. The summed E-state index contributed by atoms with van der Waals surface area (Å²) in [5.74, 6) is -0.0726. The number of amides is 1. The number of morpholine rings is 1. The van der Waals surface area contributed by atoms with Crippen LogP contribution < -0.4 is 4.72 Å². The molecule has 8 nitrogen and oxygen atoms in total. The molecule has 0 aliphatic carbocycles. The lowest BCUT2D eigenvalue weighted by Gasteiger charge is -2.28. The van der Waals surface area contributed by atoms with Crippen LogP contribution in [0.1, 0.15) is 29.5 Å². The Hall–Kier alpha value is -2.33. The first-order valence-corrected chi connectivity index (χ1v) is 12.9. The molecule has 0 unspecified atom stereocenters. The summed E-state index contributed by atoms with van der Waals surface area (Å²) < 4.78 is 33.2. The smallest absolute Gasteiger partial charge is 0.240 e. The Morgan fingerprint density at radius 2 is 1.85 bits per heavy atom. The molecule has 3 rings (SSSR count). The van der Waals surface area contributed by atoms with Gasteiger partial charge in [-0.3, -0.25) is 14.7 Å². The van der Waals surface area contributed by atoms with Crippen LogP contribution in [-0.4, -0.2) is 75.0 Å². The Bertz CT molecular complexity index is 1010. The maximum atomic E-state index is 13.0. The van der Waals surface area contributed by atoms with Gasteiger partial charge in [0, 0.05) is 58.1 Å². The van der Waals surface area contributed by atoms with Gasteiger partial charge in [-0.2, -0.15) is 0 Å². The minimum Gasteiger partial charge on any atom is -0.379 e. The van der Waals surface area contributed by atoms with E-state index in [0.717, 1.165) is 56.0 Å².